The molecule has 1 aliphatic heterocycles. The zero-order valence-electron chi connectivity index (χ0n) is 15.1. The van der Waals surface area contributed by atoms with Crippen LogP contribution in [-0.2, 0) is 10.0 Å². The van der Waals surface area contributed by atoms with Gasteiger partial charge in [-0.25, -0.2) is 12.8 Å². The minimum absolute atomic E-state index is 0.0726. The van der Waals surface area contributed by atoms with Crippen molar-refractivity contribution in [2.24, 2.45) is 0 Å². The van der Waals surface area contributed by atoms with Gasteiger partial charge in [-0.05, 0) is 50.1 Å². The third-order valence-corrected chi connectivity index (χ3v) is 7.20. The molecule has 0 bridgehead atoms. The molecule has 2 aromatic carbocycles. The molecule has 0 saturated carbocycles. The van der Waals surface area contributed by atoms with Crippen LogP contribution < -0.4 is 4.90 Å². The van der Waals surface area contributed by atoms with Crippen molar-refractivity contribution in [3.05, 3.63) is 57.9 Å². The molecule has 1 aliphatic rings. The maximum Gasteiger partial charge on any atom is 0.243 e. The number of halogens is 2. The molecule has 0 N–H and O–H groups in total. The average molecular weight is 397 g/mol. The van der Waals surface area contributed by atoms with Crippen molar-refractivity contribution in [2.45, 2.75) is 25.7 Å². The van der Waals surface area contributed by atoms with Crippen molar-refractivity contribution in [3.8, 4) is 0 Å². The Morgan fingerprint density at radius 1 is 0.962 bits per heavy atom. The molecule has 0 aromatic heterocycles. The van der Waals surface area contributed by atoms with Crippen molar-refractivity contribution in [1.82, 2.24) is 4.31 Å². The first kappa shape index (κ1) is 19.1. The van der Waals surface area contributed by atoms with E-state index >= 15 is 0 Å². The topological polar surface area (TPSA) is 40.6 Å². The van der Waals surface area contributed by atoms with E-state index in [1.54, 1.807) is 12.1 Å². The van der Waals surface area contributed by atoms with Crippen LogP contribution in [0.4, 0.5) is 10.1 Å². The van der Waals surface area contributed by atoms with Gasteiger partial charge in [0.25, 0.3) is 0 Å². The number of aryl methyl sites for hydroxylation is 3. The van der Waals surface area contributed by atoms with E-state index < -0.39 is 15.8 Å². The zero-order chi connectivity index (χ0) is 19.1. The first-order valence-corrected chi connectivity index (χ1v) is 10.3. The lowest BCUT2D eigenvalue weighted by molar-refractivity contribution is 0.384. The molecule has 0 amide bonds. The number of piperazine rings is 1. The summed E-state index contributed by atoms with van der Waals surface area (Å²) in [4.78, 5) is 2.42. The van der Waals surface area contributed by atoms with Crippen molar-refractivity contribution in [1.29, 1.82) is 0 Å². The standard InChI is InChI=1S/C19H22ClFN2O2S/c1-13-10-14(2)19(15(3)11-13)26(24,25)23-8-6-22(7-9-23)16-4-5-18(21)17(20)12-16/h4-5,10-12H,6-9H2,1-3H3. The van der Waals surface area contributed by atoms with Crippen molar-refractivity contribution >= 4 is 27.3 Å². The fourth-order valence-corrected chi connectivity index (χ4v) is 5.58. The summed E-state index contributed by atoms with van der Waals surface area (Å²) in [6, 6.07) is 8.38. The van der Waals surface area contributed by atoms with E-state index in [4.69, 9.17) is 11.6 Å². The van der Waals surface area contributed by atoms with Gasteiger partial charge in [0, 0.05) is 31.9 Å². The number of hydrogen-bond acceptors (Lipinski definition) is 3. The molecule has 3 rings (SSSR count). The molecule has 0 unspecified atom stereocenters. The SMILES string of the molecule is Cc1cc(C)c(S(=O)(=O)N2CCN(c3ccc(F)c(Cl)c3)CC2)c(C)c1. The van der Waals surface area contributed by atoms with Gasteiger partial charge >= 0.3 is 0 Å². The maximum absolute atomic E-state index is 13.3. The van der Waals surface area contributed by atoms with Crippen LogP contribution in [0.3, 0.4) is 0 Å². The summed E-state index contributed by atoms with van der Waals surface area (Å²) in [5, 5.41) is 0.0726. The van der Waals surface area contributed by atoms with E-state index in [-0.39, 0.29) is 5.02 Å². The van der Waals surface area contributed by atoms with Gasteiger partial charge in [0.1, 0.15) is 5.82 Å². The van der Waals surface area contributed by atoms with E-state index in [9.17, 15) is 12.8 Å². The zero-order valence-corrected chi connectivity index (χ0v) is 16.7. The molecule has 1 fully saturated rings. The van der Waals surface area contributed by atoms with Crippen LogP contribution in [0.25, 0.3) is 0 Å². The maximum atomic E-state index is 13.3. The lowest BCUT2D eigenvalue weighted by Crippen LogP contribution is -2.48. The van der Waals surface area contributed by atoms with Gasteiger partial charge in [-0.3, -0.25) is 0 Å². The minimum atomic E-state index is -3.54. The average Bonchev–Trinajstić information content (AvgIpc) is 2.56. The van der Waals surface area contributed by atoms with Crippen LogP contribution in [0.1, 0.15) is 16.7 Å². The van der Waals surface area contributed by atoms with Crippen LogP contribution in [0, 0.1) is 26.6 Å². The predicted molar refractivity (Wildman–Crippen MR) is 103 cm³/mol. The largest absolute Gasteiger partial charge is 0.369 e. The Morgan fingerprint density at radius 3 is 2.08 bits per heavy atom. The molecule has 1 saturated heterocycles. The highest BCUT2D eigenvalue weighted by Crippen LogP contribution is 2.28. The normalized spacial score (nSPS) is 16.1. The fraction of sp³-hybridized carbons (Fsp3) is 0.368. The fourth-order valence-electron chi connectivity index (χ4n) is 3.57. The Balaban J connectivity index is 1.80. The summed E-state index contributed by atoms with van der Waals surface area (Å²) in [6.07, 6.45) is 0. The summed E-state index contributed by atoms with van der Waals surface area (Å²) < 4.78 is 41.1. The van der Waals surface area contributed by atoms with Gasteiger partial charge in [0.2, 0.25) is 10.0 Å². The number of nitrogens with zero attached hydrogens (tertiary/aromatic N) is 2. The summed E-state index contributed by atoms with van der Waals surface area (Å²) in [5.74, 6) is -0.457. The molecule has 2 aromatic rings. The van der Waals surface area contributed by atoms with Crippen molar-refractivity contribution in [3.63, 3.8) is 0 Å². The van der Waals surface area contributed by atoms with Gasteiger partial charge in [-0.2, -0.15) is 4.31 Å². The molecule has 0 spiro atoms. The smallest absolute Gasteiger partial charge is 0.243 e. The summed E-state index contributed by atoms with van der Waals surface area (Å²) in [6.45, 7) is 7.46. The Kier molecular flexibility index (Phi) is 5.28. The molecular weight excluding hydrogens is 375 g/mol. The molecule has 1 heterocycles. The number of rotatable bonds is 3. The minimum Gasteiger partial charge on any atom is -0.369 e. The van der Waals surface area contributed by atoms with Crippen molar-refractivity contribution in [2.75, 3.05) is 31.1 Å². The molecule has 0 radical (unpaired) electrons. The second-order valence-corrected chi connectivity index (χ2v) is 9.00. The molecule has 4 nitrogen and oxygen atoms in total. The number of sulfonamides is 1. The molecular formula is C19H22ClFN2O2S. The monoisotopic (exact) mass is 396 g/mol. The summed E-state index contributed by atoms with van der Waals surface area (Å²) in [7, 11) is -3.54. The van der Waals surface area contributed by atoms with Gasteiger partial charge in [0.05, 0.1) is 9.92 Å². The molecule has 7 heteroatoms. The lowest BCUT2D eigenvalue weighted by atomic mass is 10.1. The van der Waals surface area contributed by atoms with Crippen molar-refractivity contribution < 1.29 is 12.8 Å². The highest BCUT2D eigenvalue weighted by atomic mass is 35.5. The first-order chi connectivity index (χ1) is 12.2. The third-order valence-electron chi connectivity index (χ3n) is 4.71. The van der Waals surface area contributed by atoms with E-state index in [2.05, 4.69) is 0 Å². The Hall–Kier alpha value is -1.63. The Morgan fingerprint density at radius 2 is 1.54 bits per heavy atom. The van der Waals surface area contributed by atoms with Gasteiger partial charge in [-0.1, -0.05) is 29.3 Å². The Bertz CT molecular complexity index is 916. The number of benzene rings is 2. The second kappa shape index (κ2) is 7.18. The second-order valence-electron chi connectivity index (χ2n) is 6.72. The van der Waals surface area contributed by atoms with E-state index in [0.717, 1.165) is 22.4 Å². The number of hydrogen-bond donors (Lipinski definition) is 0. The Labute approximate surface area is 159 Å². The molecule has 0 aliphatic carbocycles. The quantitative estimate of drug-likeness (QED) is 0.789. The van der Waals surface area contributed by atoms with Crippen LogP contribution in [0.2, 0.25) is 5.02 Å². The highest BCUT2D eigenvalue weighted by Gasteiger charge is 2.31. The molecule has 0 atom stereocenters. The molecule has 140 valence electrons. The lowest BCUT2D eigenvalue weighted by Gasteiger charge is -2.36. The van der Waals surface area contributed by atoms with Gasteiger partial charge in [0.15, 0.2) is 0 Å². The van der Waals surface area contributed by atoms with E-state index in [1.807, 2.05) is 37.8 Å². The van der Waals surface area contributed by atoms with Gasteiger partial charge < -0.3 is 4.90 Å². The van der Waals surface area contributed by atoms with E-state index in [1.165, 1.54) is 10.4 Å². The first-order valence-electron chi connectivity index (χ1n) is 8.48. The summed E-state index contributed by atoms with van der Waals surface area (Å²) in [5.41, 5.74) is 3.40. The van der Waals surface area contributed by atoms with Crippen LogP contribution in [0.15, 0.2) is 35.2 Å². The third kappa shape index (κ3) is 3.59. The molecule has 26 heavy (non-hydrogen) atoms. The van der Waals surface area contributed by atoms with Gasteiger partial charge in [-0.15, -0.1) is 0 Å². The highest BCUT2D eigenvalue weighted by molar-refractivity contribution is 7.89. The van der Waals surface area contributed by atoms with E-state index in [0.29, 0.717) is 31.1 Å². The van der Waals surface area contributed by atoms with Crippen LogP contribution in [-0.4, -0.2) is 38.9 Å². The number of anilines is 1. The van der Waals surface area contributed by atoms with Crippen LogP contribution >= 0.6 is 11.6 Å². The van der Waals surface area contributed by atoms with Crippen LogP contribution in [0.5, 0.6) is 0 Å². The summed E-state index contributed by atoms with van der Waals surface area (Å²) >= 11 is 5.85. The predicted octanol–water partition coefficient (Wildman–Crippen LogP) is 3.92.